The van der Waals surface area contributed by atoms with Crippen molar-refractivity contribution < 1.29 is 19.1 Å². The number of nitrogens with one attached hydrogen (secondary N) is 1. The summed E-state index contributed by atoms with van der Waals surface area (Å²) in [6, 6.07) is 14.3. The molecule has 0 saturated heterocycles. The van der Waals surface area contributed by atoms with Crippen molar-refractivity contribution in [3.05, 3.63) is 89.0 Å². The first kappa shape index (κ1) is 20.5. The van der Waals surface area contributed by atoms with Crippen molar-refractivity contribution in [3.8, 4) is 5.75 Å². The molecule has 0 spiro atoms. The zero-order chi connectivity index (χ0) is 21.8. The number of rotatable bonds is 5. The van der Waals surface area contributed by atoms with Gasteiger partial charge in [-0.1, -0.05) is 24.3 Å². The summed E-state index contributed by atoms with van der Waals surface area (Å²) in [7, 11) is 0. The normalized spacial score (nSPS) is 12.9. The summed E-state index contributed by atoms with van der Waals surface area (Å²) < 4.78 is 13.3. The maximum Gasteiger partial charge on any atom is 0.253 e. The molecule has 1 aromatic heterocycles. The van der Waals surface area contributed by atoms with Gasteiger partial charge in [-0.05, 0) is 54.3 Å². The quantitative estimate of drug-likeness (QED) is 0.664. The number of fused-ring (bicyclic) bond motifs is 1. The first-order valence-corrected chi connectivity index (χ1v) is 10.1. The van der Waals surface area contributed by atoms with Gasteiger partial charge in [0.2, 0.25) is 5.91 Å². The molecule has 3 aromatic rings. The van der Waals surface area contributed by atoms with Crippen molar-refractivity contribution in [1.82, 2.24) is 10.3 Å². The number of aromatic hydroxyl groups is 1. The maximum absolute atomic E-state index is 13.3. The SMILES string of the molecule is O=C(NCc1cccc(F)c1)c1cnc2c(c1)N(C(=O)Cc1ccc(O)cc1)CCC2. The average molecular weight is 419 g/mol. The molecule has 2 N–H and O–H groups in total. The number of aromatic nitrogens is 1. The van der Waals surface area contributed by atoms with Gasteiger partial charge in [0.05, 0.1) is 23.4 Å². The minimum absolute atomic E-state index is 0.0919. The van der Waals surface area contributed by atoms with Crippen LogP contribution in [0, 0.1) is 5.82 Å². The topological polar surface area (TPSA) is 82.5 Å². The lowest BCUT2D eigenvalue weighted by molar-refractivity contribution is -0.118. The van der Waals surface area contributed by atoms with E-state index in [1.54, 1.807) is 47.4 Å². The number of anilines is 1. The summed E-state index contributed by atoms with van der Waals surface area (Å²) in [5.74, 6) is -0.635. The molecule has 0 aliphatic carbocycles. The second kappa shape index (κ2) is 8.95. The van der Waals surface area contributed by atoms with Gasteiger partial charge in [0.15, 0.2) is 0 Å². The third kappa shape index (κ3) is 4.88. The van der Waals surface area contributed by atoms with Crippen molar-refractivity contribution in [2.45, 2.75) is 25.8 Å². The van der Waals surface area contributed by atoms with Crippen LogP contribution in [0.5, 0.6) is 5.75 Å². The van der Waals surface area contributed by atoms with Crippen LogP contribution < -0.4 is 10.2 Å². The van der Waals surface area contributed by atoms with Gasteiger partial charge in [-0.15, -0.1) is 0 Å². The van der Waals surface area contributed by atoms with Crippen LogP contribution >= 0.6 is 0 Å². The lowest BCUT2D eigenvalue weighted by Crippen LogP contribution is -2.37. The summed E-state index contributed by atoms with van der Waals surface area (Å²) in [4.78, 5) is 31.6. The molecule has 6 nitrogen and oxygen atoms in total. The highest BCUT2D eigenvalue weighted by Crippen LogP contribution is 2.27. The van der Waals surface area contributed by atoms with Crippen LogP contribution in [0.4, 0.5) is 10.1 Å². The number of amides is 2. The van der Waals surface area contributed by atoms with Gasteiger partial charge in [0.25, 0.3) is 5.91 Å². The van der Waals surface area contributed by atoms with E-state index in [4.69, 9.17) is 0 Å². The summed E-state index contributed by atoms with van der Waals surface area (Å²) in [6.45, 7) is 0.747. The highest BCUT2D eigenvalue weighted by molar-refractivity contribution is 5.99. The number of carbonyl (C=O) groups excluding carboxylic acids is 2. The summed E-state index contributed by atoms with van der Waals surface area (Å²) in [5.41, 5.74) is 3.23. The maximum atomic E-state index is 13.3. The first-order valence-electron chi connectivity index (χ1n) is 10.1. The van der Waals surface area contributed by atoms with Gasteiger partial charge in [-0.3, -0.25) is 14.6 Å². The molecule has 1 aliphatic rings. The zero-order valence-electron chi connectivity index (χ0n) is 16.8. The standard InChI is InChI=1S/C24H22FN3O3/c25-19-4-1-3-17(11-19)14-27-24(31)18-13-22-21(26-15-18)5-2-10-28(22)23(30)12-16-6-8-20(29)9-7-16/h1,3-4,6-9,11,13,15,29H,2,5,10,12,14H2,(H,27,31). The molecule has 2 amide bonds. The van der Waals surface area contributed by atoms with Crippen LogP contribution in [0.25, 0.3) is 0 Å². The minimum Gasteiger partial charge on any atom is -0.508 e. The molecule has 4 rings (SSSR count). The van der Waals surface area contributed by atoms with E-state index < -0.39 is 0 Å². The molecule has 0 radical (unpaired) electrons. The van der Waals surface area contributed by atoms with Crippen LogP contribution in [0.2, 0.25) is 0 Å². The summed E-state index contributed by atoms with van der Waals surface area (Å²) in [6.07, 6.45) is 3.24. The highest BCUT2D eigenvalue weighted by Gasteiger charge is 2.25. The molecule has 158 valence electrons. The summed E-state index contributed by atoms with van der Waals surface area (Å²) in [5, 5.41) is 12.2. The van der Waals surface area contributed by atoms with Crippen LogP contribution in [0.1, 0.15) is 33.6 Å². The van der Waals surface area contributed by atoms with E-state index in [1.165, 1.54) is 18.3 Å². The number of carbonyl (C=O) groups is 2. The van der Waals surface area contributed by atoms with Crippen molar-refractivity contribution in [2.75, 3.05) is 11.4 Å². The highest BCUT2D eigenvalue weighted by atomic mass is 19.1. The Morgan fingerprint density at radius 2 is 1.90 bits per heavy atom. The van der Waals surface area contributed by atoms with Crippen molar-refractivity contribution in [1.29, 1.82) is 0 Å². The second-order valence-corrected chi connectivity index (χ2v) is 7.49. The van der Waals surface area contributed by atoms with E-state index in [1.807, 2.05) is 0 Å². The fourth-order valence-corrected chi connectivity index (χ4v) is 3.63. The van der Waals surface area contributed by atoms with Crippen LogP contribution in [-0.4, -0.2) is 28.4 Å². The minimum atomic E-state index is -0.357. The molecule has 31 heavy (non-hydrogen) atoms. The Morgan fingerprint density at radius 1 is 1.10 bits per heavy atom. The van der Waals surface area contributed by atoms with E-state index >= 15 is 0 Å². The second-order valence-electron chi connectivity index (χ2n) is 7.49. The fourth-order valence-electron chi connectivity index (χ4n) is 3.63. The number of nitrogens with zero attached hydrogens (tertiary/aromatic N) is 2. The first-order chi connectivity index (χ1) is 15.0. The number of phenolic OH excluding ortho intramolecular Hbond substituents is 1. The van der Waals surface area contributed by atoms with Gasteiger partial charge in [-0.2, -0.15) is 0 Å². The lowest BCUT2D eigenvalue weighted by atomic mass is 10.0. The Bertz CT molecular complexity index is 1120. The Kier molecular flexibility index (Phi) is 5.93. The van der Waals surface area contributed by atoms with E-state index in [-0.39, 0.29) is 36.3 Å². The molecule has 2 heterocycles. The van der Waals surface area contributed by atoms with Gasteiger partial charge >= 0.3 is 0 Å². The number of phenols is 1. The Balaban J connectivity index is 1.49. The molecule has 0 atom stereocenters. The monoisotopic (exact) mass is 419 g/mol. The molecule has 0 unspecified atom stereocenters. The predicted molar refractivity (Wildman–Crippen MR) is 114 cm³/mol. The molecular weight excluding hydrogens is 397 g/mol. The molecule has 7 heteroatoms. The number of pyridine rings is 1. The number of hydrogen-bond donors (Lipinski definition) is 2. The third-order valence-electron chi connectivity index (χ3n) is 5.23. The molecular formula is C24H22FN3O3. The average Bonchev–Trinajstić information content (AvgIpc) is 2.78. The number of benzene rings is 2. The number of halogens is 1. The van der Waals surface area contributed by atoms with Gasteiger partial charge < -0.3 is 15.3 Å². The van der Waals surface area contributed by atoms with Gasteiger partial charge in [0, 0.05) is 19.3 Å². The van der Waals surface area contributed by atoms with Gasteiger partial charge in [-0.25, -0.2) is 4.39 Å². The third-order valence-corrected chi connectivity index (χ3v) is 5.23. The Hall–Kier alpha value is -3.74. The molecule has 0 bridgehead atoms. The molecule has 0 saturated carbocycles. The van der Waals surface area contributed by atoms with Gasteiger partial charge in [0.1, 0.15) is 11.6 Å². The largest absolute Gasteiger partial charge is 0.508 e. The summed E-state index contributed by atoms with van der Waals surface area (Å²) >= 11 is 0. The zero-order valence-corrected chi connectivity index (χ0v) is 16.8. The van der Waals surface area contributed by atoms with Crippen molar-refractivity contribution in [2.24, 2.45) is 0 Å². The smallest absolute Gasteiger partial charge is 0.253 e. The number of aryl methyl sites for hydroxylation is 1. The van der Waals surface area contributed by atoms with Crippen LogP contribution in [0.3, 0.4) is 0 Å². The fraction of sp³-hybridized carbons (Fsp3) is 0.208. The molecule has 0 fully saturated rings. The van der Waals surface area contributed by atoms with Crippen molar-refractivity contribution in [3.63, 3.8) is 0 Å². The van der Waals surface area contributed by atoms with Crippen molar-refractivity contribution >= 4 is 17.5 Å². The van der Waals surface area contributed by atoms with E-state index in [0.29, 0.717) is 23.4 Å². The number of hydrogen-bond acceptors (Lipinski definition) is 4. The Morgan fingerprint density at radius 3 is 2.68 bits per heavy atom. The lowest BCUT2D eigenvalue weighted by Gasteiger charge is -2.29. The molecule has 2 aromatic carbocycles. The van der Waals surface area contributed by atoms with E-state index in [0.717, 1.165) is 24.1 Å². The predicted octanol–water partition coefficient (Wildman–Crippen LogP) is 3.38. The van der Waals surface area contributed by atoms with E-state index in [2.05, 4.69) is 10.3 Å². The Labute approximate surface area is 179 Å². The van der Waals surface area contributed by atoms with Crippen LogP contribution in [-0.2, 0) is 24.2 Å². The van der Waals surface area contributed by atoms with E-state index in [9.17, 15) is 19.1 Å². The molecule has 1 aliphatic heterocycles. The van der Waals surface area contributed by atoms with Crippen LogP contribution in [0.15, 0.2) is 60.8 Å².